The fourth-order valence-corrected chi connectivity index (χ4v) is 5.20. The molecule has 0 spiro atoms. The second-order valence-corrected chi connectivity index (χ2v) is 9.64. The summed E-state index contributed by atoms with van der Waals surface area (Å²) in [6.45, 7) is 4.10. The Bertz CT molecular complexity index is 1020. The van der Waals surface area contributed by atoms with Crippen LogP contribution in [0, 0.1) is 11.8 Å². The number of carboxylic acids is 1. The first-order chi connectivity index (χ1) is 16.3. The minimum Gasteiger partial charge on any atom is -0.481 e. The van der Waals surface area contributed by atoms with Gasteiger partial charge in [0.2, 0.25) is 5.91 Å². The zero-order valence-electron chi connectivity index (χ0n) is 19.6. The standard InChI is InChI=1S/C27H32N2O5/c1-16(2)14-24(25(30)28-23-13-7-12-21(23)26(31)32)29-27(33)34-15-22-19-10-5-3-8-17(19)18-9-4-6-11-20(18)22/h3-6,8-11,16,21-24H,7,12-15H2,1-2H3,(H,28,30)(H,29,33)(H,31,32)/t21-,23+,24-/m1/s1. The number of carboxylic acid groups (broad SMARTS) is 1. The van der Waals surface area contributed by atoms with Gasteiger partial charge in [-0.25, -0.2) is 4.79 Å². The predicted octanol–water partition coefficient (Wildman–Crippen LogP) is 4.31. The van der Waals surface area contributed by atoms with Crippen molar-refractivity contribution in [3.63, 3.8) is 0 Å². The van der Waals surface area contributed by atoms with Gasteiger partial charge in [-0.15, -0.1) is 0 Å². The maximum absolute atomic E-state index is 13.0. The molecule has 4 rings (SSSR count). The van der Waals surface area contributed by atoms with Crippen molar-refractivity contribution in [2.24, 2.45) is 11.8 Å². The molecule has 0 bridgehead atoms. The molecule has 0 radical (unpaired) electrons. The Hall–Kier alpha value is -3.35. The van der Waals surface area contributed by atoms with Crippen molar-refractivity contribution in [3.05, 3.63) is 59.7 Å². The minimum absolute atomic E-state index is 0.0645. The maximum Gasteiger partial charge on any atom is 0.407 e. The third kappa shape index (κ3) is 5.08. The minimum atomic E-state index is -0.896. The number of amides is 2. The first-order valence-electron chi connectivity index (χ1n) is 12.0. The Morgan fingerprint density at radius 1 is 1.00 bits per heavy atom. The molecule has 0 aliphatic heterocycles. The molecular formula is C27H32N2O5. The molecule has 2 amide bonds. The highest BCUT2D eigenvalue weighted by Gasteiger charge is 2.36. The highest BCUT2D eigenvalue weighted by Crippen LogP contribution is 2.44. The summed E-state index contributed by atoms with van der Waals surface area (Å²) in [6, 6.07) is 15.0. The first-order valence-corrected chi connectivity index (χ1v) is 12.0. The van der Waals surface area contributed by atoms with Gasteiger partial charge < -0.3 is 20.5 Å². The van der Waals surface area contributed by atoms with Gasteiger partial charge in [0.1, 0.15) is 12.6 Å². The van der Waals surface area contributed by atoms with Crippen LogP contribution >= 0.6 is 0 Å². The Kier molecular flexibility index (Phi) is 7.20. The lowest BCUT2D eigenvalue weighted by atomic mass is 9.98. The normalized spacial score (nSPS) is 19.9. The SMILES string of the molecule is CC(C)C[C@@H](NC(=O)OCC1c2ccccc2-c2ccccc21)C(=O)N[C@H]1CCC[C@H]1C(=O)O. The van der Waals surface area contributed by atoms with Crippen LogP contribution in [0.1, 0.15) is 56.6 Å². The maximum atomic E-state index is 13.0. The van der Waals surface area contributed by atoms with Crippen LogP contribution in [0.3, 0.4) is 0 Å². The van der Waals surface area contributed by atoms with Crippen LogP contribution in [0.5, 0.6) is 0 Å². The molecule has 1 saturated carbocycles. The Morgan fingerprint density at radius 3 is 2.21 bits per heavy atom. The average Bonchev–Trinajstić information content (AvgIpc) is 3.39. The highest BCUT2D eigenvalue weighted by molar-refractivity contribution is 5.86. The lowest BCUT2D eigenvalue weighted by molar-refractivity contribution is -0.142. The quantitative estimate of drug-likeness (QED) is 0.540. The Morgan fingerprint density at radius 2 is 1.62 bits per heavy atom. The number of carbonyl (C=O) groups excluding carboxylic acids is 2. The van der Waals surface area contributed by atoms with Crippen molar-refractivity contribution in [1.82, 2.24) is 10.6 Å². The summed E-state index contributed by atoms with van der Waals surface area (Å²) >= 11 is 0. The van der Waals surface area contributed by atoms with Gasteiger partial charge in [0, 0.05) is 12.0 Å². The van der Waals surface area contributed by atoms with Crippen molar-refractivity contribution in [1.29, 1.82) is 0 Å². The number of hydrogen-bond acceptors (Lipinski definition) is 4. The number of aliphatic carboxylic acids is 1. The number of alkyl carbamates (subject to hydrolysis) is 1. The third-order valence-electron chi connectivity index (χ3n) is 6.82. The van der Waals surface area contributed by atoms with Crippen LogP contribution < -0.4 is 10.6 Å². The highest BCUT2D eigenvalue weighted by atomic mass is 16.5. The summed E-state index contributed by atoms with van der Waals surface area (Å²) < 4.78 is 5.61. The van der Waals surface area contributed by atoms with Gasteiger partial charge in [0.05, 0.1) is 5.92 Å². The summed E-state index contributed by atoms with van der Waals surface area (Å²) in [7, 11) is 0. The summed E-state index contributed by atoms with van der Waals surface area (Å²) in [6.07, 6.45) is 1.72. The van der Waals surface area contributed by atoms with Gasteiger partial charge in [-0.05, 0) is 47.4 Å². The number of nitrogens with one attached hydrogen (secondary N) is 2. The van der Waals surface area contributed by atoms with E-state index >= 15 is 0 Å². The second-order valence-electron chi connectivity index (χ2n) is 9.64. The van der Waals surface area contributed by atoms with E-state index in [4.69, 9.17) is 4.74 Å². The number of carbonyl (C=O) groups is 3. The van der Waals surface area contributed by atoms with Crippen molar-refractivity contribution in [2.45, 2.75) is 57.5 Å². The average molecular weight is 465 g/mol. The van der Waals surface area contributed by atoms with Crippen molar-refractivity contribution in [3.8, 4) is 11.1 Å². The zero-order chi connectivity index (χ0) is 24.2. The third-order valence-corrected chi connectivity index (χ3v) is 6.82. The van der Waals surface area contributed by atoms with E-state index < -0.39 is 30.1 Å². The molecule has 0 saturated heterocycles. The van der Waals surface area contributed by atoms with E-state index in [-0.39, 0.29) is 24.3 Å². The lowest BCUT2D eigenvalue weighted by Crippen LogP contribution is -2.51. The van der Waals surface area contributed by atoms with Crippen molar-refractivity contribution in [2.75, 3.05) is 6.61 Å². The summed E-state index contributed by atoms with van der Waals surface area (Å²) in [5.74, 6) is -1.75. The van der Waals surface area contributed by atoms with Crippen LogP contribution in [-0.2, 0) is 14.3 Å². The molecule has 0 heterocycles. The van der Waals surface area contributed by atoms with E-state index in [1.165, 1.54) is 0 Å². The second kappa shape index (κ2) is 10.3. The van der Waals surface area contributed by atoms with Gasteiger partial charge in [0.15, 0.2) is 0 Å². The summed E-state index contributed by atoms with van der Waals surface area (Å²) in [5.41, 5.74) is 4.53. The molecule has 0 aromatic heterocycles. The number of rotatable bonds is 8. The Labute approximate surface area is 199 Å². The van der Waals surface area contributed by atoms with Crippen LogP contribution in [0.25, 0.3) is 11.1 Å². The van der Waals surface area contributed by atoms with E-state index in [1.807, 2.05) is 38.1 Å². The number of ether oxygens (including phenoxy) is 1. The van der Waals surface area contributed by atoms with E-state index in [0.29, 0.717) is 19.3 Å². The molecule has 7 nitrogen and oxygen atoms in total. The van der Waals surface area contributed by atoms with Crippen LogP contribution in [0.2, 0.25) is 0 Å². The molecular weight excluding hydrogens is 432 g/mol. The fraction of sp³-hybridized carbons (Fsp3) is 0.444. The molecule has 1 fully saturated rings. The van der Waals surface area contributed by atoms with Crippen molar-refractivity contribution < 1.29 is 24.2 Å². The smallest absolute Gasteiger partial charge is 0.407 e. The number of hydrogen-bond donors (Lipinski definition) is 3. The van der Waals surface area contributed by atoms with Gasteiger partial charge >= 0.3 is 12.1 Å². The van der Waals surface area contributed by atoms with Crippen molar-refractivity contribution >= 4 is 18.0 Å². The molecule has 2 aromatic rings. The van der Waals surface area contributed by atoms with Crippen LogP contribution in [0.4, 0.5) is 4.79 Å². The molecule has 34 heavy (non-hydrogen) atoms. The number of fused-ring (bicyclic) bond motifs is 3. The molecule has 7 heteroatoms. The zero-order valence-corrected chi connectivity index (χ0v) is 19.6. The Balaban J connectivity index is 1.40. The van der Waals surface area contributed by atoms with Gasteiger partial charge in [0.25, 0.3) is 0 Å². The van der Waals surface area contributed by atoms with E-state index in [9.17, 15) is 19.5 Å². The molecule has 2 aromatic carbocycles. The predicted molar refractivity (Wildman–Crippen MR) is 128 cm³/mol. The topological polar surface area (TPSA) is 105 Å². The van der Waals surface area contributed by atoms with Gasteiger partial charge in [-0.2, -0.15) is 0 Å². The van der Waals surface area contributed by atoms with Crippen LogP contribution in [-0.4, -0.2) is 41.8 Å². The monoisotopic (exact) mass is 464 g/mol. The molecule has 2 aliphatic carbocycles. The van der Waals surface area contributed by atoms with Crippen LogP contribution in [0.15, 0.2) is 48.5 Å². The van der Waals surface area contributed by atoms with Gasteiger partial charge in [-0.1, -0.05) is 68.8 Å². The van der Waals surface area contributed by atoms with E-state index in [2.05, 4.69) is 34.9 Å². The fourth-order valence-electron chi connectivity index (χ4n) is 5.20. The molecule has 2 aliphatic rings. The molecule has 3 atom stereocenters. The molecule has 180 valence electrons. The summed E-state index contributed by atoms with van der Waals surface area (Å²) in [5, 5.41) is 15.0. The first kappa shape index (κ1) is 23.8. The number of benzene rings is 2. The van der Waals surface area contributed by atoms with E-state index in [0.717, 1.165) is 28.7 Å². The lowest BCUT2D eigenvalue weighted by Gasteiger charge is -2.24. The molecule has 0 unspecified atom stereocenters. The van der Waals surface area contributed by atoms with Gasteiger partial charge in [-0.3, -0.25) is 9.59 Å². The summed E-state index contributed by atoms with van der Waals surface area (Å²) in [4.78, 5) is 37.1. The largest absolute Gasteiger partial charge is 0.481 e. The van der Waals surface area contributed by atoms with E-state index in [1.54, 1.807) is 0 Å². The molecule has 3 N–H and O–H groups in total.